The third-order valence-corrected chi connectivity index (χ3v) is 4.91. The van der Waals surface area contributed by atoms with Crippen molar-refractivity contribution in [3.8, 4) is 5.75 Å². The Labute approximate surface area is 164 Å². The molecule has 0 aromatic heterocycles. The van der Waals surface area contributed by atoms with Crippen LogP contribution in [0.2, 0.25) is 5.02 Å². The summed E-state index contributed by atoms with van der Waals surface area (Å²) in [4.78, 5) is 0.0233. The Morgan fingerprint density at radius 1 is 1.23 bits per heavy atom. The number of nitrogens with two attached hydrogens (primary N) is 1. The first-order valence-corrected chi connectivity index (χ1v) is 9.60. The van der Waals surface area contributed by atoms with Crippen LogP contribution in [-0.2, 0) is 10.0 Å². The van der Waals surface area contributed by atoms with Crippen molar-refractivity contribution in [1.29, 1.82) is 0 Å². The van der Waals surface area contributed by atoms with Crippen LogP contribution in [0, 0.1) is 6.92 Å². The van der Waals surface area contributed by atoms with E-state index >= 15 is 0 Å². The minimum atomic E-state index is -3.81. The summed E-state index contributed by atoms with van der Waals surface area (Å²) in [6, 6.07) is 11.8. The Hall–Kier alpha value is -1.35. The normalized spacial score (nSPS) is 12.3. The van der Waals surface area contributed by atoms with Gasteiger partial charge in [-0.2, -0.15) is 0 Å². The van der Waals surface area contributed by atoms with Crippen molar-refractivity contribution in [3.63, 3.8) is 0 Å². The number of ether oxygens (including phenoxy) is 1. The molecule has 2 aromatic rings. The Balaban J connectivity index is 0.00000338. The van der Waals surface area contributed by atoms with Crippen molar-refractivity contribution in [1.82, 2.24) is 5.32 Å². The number of primary sulfonamides is 1. The van der Waals surface area contributed by atoms with Crippen LogP contribution in [0.3, 0.4) is 0 Å². The Morgan fingerprint density at radius 3 is 2.50 bits per heavy atom. The second-order valence-corrected chi connectivity index (χ2v) is 7.56. The van der Waals surface area contributed by atoms with E-state index in [0.29, 0.717) is 35.1 Å². The van der Waals surface area contributed by atoms with Crippen molar-refractivity contribution in [2.75, 3.05) is 19.7 Å². The number of benzene rings is 2. The number of aliphatic hydroxyl groups excluding tert-OH is 1. The number of sulfonamides is 1. The molecule has 0 radical (unpaired) electrons. The molecule has 0 aliphatic heterocycles. The standard InChI is InChI=1S/C17H21ClN2O4S.ClH/c1-12-2-3-13(10-17(12)25(19,22)23)16(21)11-20-8-9-24-15-6-4-14(18)5-7-15;/h2-7,10,16,20-21H,8-9,11H2,1H3,(H2,19,22,23);1H. The molecule has 2 rings (SSSR count). The van der Waals surface area contributed by atoms with E-state index < -0.39 is 16.1 Å². The molecule has 0 aliphatic rings. The molecular formula is C17H22Cl2N2O4S. The summed E-state index contributed by atoms with van der Waals surface area (Å²) in [5.74, 6) is 0.711. The molecule has 144 valence electrons. The zero-order valence-corrected chi connectivity index (χ0v) is 16.6. The maximum Gasteiger partial charge on any atom is 0.238 e. The Kier molecular flexibility index (Phi) is 8.82. The summed E-state index contributed by atoms with van der Waals surface area (Å²) in [5, 5.41) is 19.1. The van der Waals surface area contributed by atoms with Crippen LogP contribution in [0.15, 0.2) is 47.4 Å². The van der Waals surface area contributed by atoms with E-state index in [1.165, 1.54) is 6.07 Å². The van der Waals surface area contributed by atoms with Crippen molar-refractivity contribution in [2.24, 2.45) is 5.14 Å². The van der Waals surface area contributed by atoms with E-state index in [9.17, 15) is 13.5 Å². The molecule has 0 fully saturated rings. The molecule has 6 nitrogen and oxygen atoms in total. The Morgan fingerprint density at radius 2 is 1.88 bits per heavy atom. The van der Waals surface area contributed by atoms with E-state index in [4.69, 9.17) is 21.5 Å². The highest BCUT2D eigenvalue weighted by atomic mass is 35.5. The van der Waals surface area contributed by atoms with Crippen LogP contribution in [0.1, 0.15) is 17.2 Å². The van der Waals surface area contributed by atoms with Gasteiger partial charge in [-0.25, -0.2) is 13.6 Å². The van der Waals surface area contributed by atoms with Crippen molar-refractivity contribution in [3.05, 3.63) is 58.6 Å². The van der Waals surface area contributed by atoms with Crippen LogP contribution in [-0.4, -0.2) is 33.2 Å². The summed E-state index contributed by atoms with van der Waals surface area (Å²) in [5.41, 5.74) is 1.03. The Bertz CT molecular complexity index is 814. The number of rotatable bonds is 8. The average molecular weight is 421 g/mol. The van der Waals surface area contributed by atoms with Gasteiger partial charge in [0.2, 0.25) is 10.0 Å². The van der Waals surface area contributed by atoms with Gasteiger partial charge in [-0.15, -0.1) is 12.4 Å². The molecule has 2 aromatic carbocycles. The molecule has 0 saturated heterocycles. The largest absolute Gasteiger partial charge is 0.492 e. The smallest absolute Gasteiger partial charge is 0.238 e. The molecule has 26 heavy (non-hydrogen) atoms. The van der Waals surface area contributed by atoms with Crippen LogP contribution in [0.4, 0.5) is 0 Å². The molecule has 0 heterocycles. The third kappa shape index (κ3) is 6.75. The van der Waals surface area contributed by atoms with Gasteiger partial charge in [0.05, 0.1) is 11.0 Å². The second-order valence-electron chi connectivity index (χ2n) is 5.59. The van der Waals surface area contributed by atoms with Crippen molar-refractivity contribution in [2.45, 2.75) is 17.9 Å². The van der Waals surface area contributed by atoms with E-state index in [0.717, 1.165) is 0 Å². The lowest BCUT2D eigenvalue weighted by Crippen LogP contribution is -2.26. The van der Waals surface area contributed by atoms with E-state index in [1.54, 1.807) is 43.3 Å². The summed E-state index contributed by atoms with van der Waals surface area (Å²) in [6.45, 7) is 2.86. The van der Waals surface area contributed by atoms with Gasteiger partial charge in [-0.05, 0) is 48.4 Å². The topological polar surface area (TPSA) is 102 Å². The number of aliphatic hydroxyl groups is 1. The lowest BCUT2D eigenvalue weighted by Gasteiger charge is -2.14. The van der Waals surface area contributed by atoms with Crippen LogP contribution in [0.25, 0.3) is 0 Å². The fourth-order valence-corrected chi connectivity index (χ4v) is 3.20. The average Bonchev–Trinajstić information content (AvgIpc) is 2.55. The molecule has 0 saturated carbocycles. The first-order chi connectivity index (χ1) is 11.8. The van der Waals surface area contributed by atoms with Gasteiger partial charge in [0, 0.05) is 18.1 Å². The zero-order valence-electron chi connectivity index (χ0n) is 14.2. The molecule has 0 bridgehead atoms. The van der Waals surface area contributed by atoms with E-state index in [1.807, 2.05) is 0 Å². The first kappa shape index (κ1) is 22.7. The first-order valence-electron chi connectivity index (χ1n) is 7.68. The zero-order chi connectivity index (χ0) is 18.4. The molecule has 1 atom stereocenters. The molecular weight excluding hydrogens is 399 g/mol. The number of hydrogen-bond acceptors (Lipinski definition) is 5. The monoisotopic (exact) mass is 420 g/mol. The molecule has 0 amide bonds. The minimum absolute atomic E-state index is 0. The fraction of sp³-hybridized carbons (Fsp3) is 0.294. The molecule has 0 aliphatic carbocycles. The van der Waals surface area contributed by atoms with Gasteiger partial charge < -0.3 is 15.2 Å². The summed E-state index contributed by atoms with van der Waals surface area (Å²) >= 11 is 5.80. The molecule has 9 heteroatoms. The molecule has 0 spiro atoms. The third-order valence-electron chi connectivity index (χ3n) is 3.60. The van der Waals surface area contributed by atoms with Gasteiger partial charge in [0.15, 0.2) is 0 Å². The number of hydrogen-bond donors (Lipinski definition) is 3. The van der Waals surface area contributed by atoms with Crippen LogP contribution in [0.5, 0.6) is 5.75 Å². The maximum absolute atomic E-state index is 11.5. The van der Waals surface area contributed by atoms with Crippen LogP contribution < -0.4 is 15.2 Å². The van der Waals surface area contributed by atoms with Gasteiger partial charge >= 0.3 is 0 Å². The highest BCUT2D eigenvalue weighted by Crippen LogP contribution is 2.20. The second kappa shape index (κ2) is 10.1. The summed E-state index contributed by atoms with van der Waals surface area (Å²) < 4.78 is 28.6. The molecule has 1 unspecified atom stereocenters. The van der Waals surface area contributed by atoms with E-state index in [-0.39, 0.29) is 23.8 Å². The number of halogens is 2. The van der Waals surface area contributed by atoms with Gasteiger partial charge in [-0.1, -0.05) is 23.7 Å². The number of nitrogens with one attached hydrogen (secondary N) is 1. The van der Waals surface area contributed by atoms with E-state index in [2.05, 4.69) is 5.32 Å². The predicted molar refractivity (Wildman–Crippen MR) is 105 cm³/mol. The SMILES string of the molecule is Cc1ccc(C(O)CNCCOc2ccc(Cl)cc2)cc1S(N)(=O)=O.Cl. The summed E-state index contributed by atoms with van der Waals surface area (Å²) in [6.07, 6.45) is -0.850. The van der Waals surface area contributed by atoms with Crippen molar-refractivity contribution < 1.29 is 18.3 Å². The fourth-order valence-electron chi connectivity index (χ4n) is 2.26. The van der Waals surface area contributed by atoms with Gasteiger partial charge in [0.1, 0.15) is 12.4 Å². The van der Waals surface area contributed by atoms with Gasteiger partial charge in [0.25, 0.3) is 0 Å². The van der Waals surface area contributed by atoms with Crippen molar-refractivity contribution >= 4 is 34.0 Å². The minimum Gasteiger partial charge on any atom is -0.492 e. The highest BCUT2D eigenvalue weighted by Gasteiger charge is 2.15. The van der Waals surface area contributed by atoms with Crippen LogP contribution >= 0.6 is 24.0 Å². The lowest BCUT2D eigenvalue weighted by atomic mass is 10.1. The number of aryl methyl sites for hydroxylation is 1. The predicted octanol–water partition coefficient (Wildman–Crippen LogP) is 2.42. The molecule has 4 N–H and O–H groups in total. The summed E-state index contributed by atoms with van der Waals surface area (Å²) in [7, 11) is -3.81. The maximum atomic E-state index is 11.5. The quantitative estimate of drug-likeness (QED) is 0.569. The highest BCUT2D eigenvalue weighted by molar-refractivity contribution is 7.89. The van der Waals surface area contributed by atoms with Gasteiger partial charge in [-0.3, -0.25) is 0 Å². The lowest BCUT2D eigenvalue weighted by molar-refractivity contribution is 0.171.